The predicted molar refractivity (Wildman–Crippen MR) is 90.0 cm³/mol. The number of carbonyl (C=O) groups excluding carboxylic acids is 1. The van der Waals surface area contributed by atoms with E-state index in [0.29, 0.717) is 12.3 Å². The van der Waals surface area contributed by atoms with Gasteiger partial charge < -0.3 is 9.80 Å². The van der Waals surface area contributed by atoms with Gasteiger partial charge >= 0.3 is 0 Å². The lowest BCUT2D eigenvalue weighted by Gasteiger charge is -2.35. The van der Waals surface area contributed by atoms with Crippen molar-refractivity contribution < 1.29 is 4.79 Å². The predicted octanol–water partition coefficient (Wildman–Crippen LogP) is 2.93. The first-order chi connectivity index (χ1) is 10.6. The second-order valence-corrected chi connectivity index (χ2v) is 6.33. The molecule has 0 unspecified atom stereocenters. The van der Waals surface area contributed by atoms with Crippen molar-refractivity contribution in [2.75, 3.05) is 31.1 Å². The number of carbonyl (C=O) groups is 1. The minimum absolute atomic E-state index is 0.279. The van der Waals surface area contributed by atoms with Crippen LogP contribution in [0.5, 0.6) is 0 Å². The van der Waals surface area contributed by atoms with Crippen molar-refractivity contribution in [1.29, 1.82) is 0 Å². The van der Waals surface area contributed by atoms with E-state index in [2.05, 4.69) is 36.9 Å². The van der Waals surface area contributed by atoms with Crippen molar-refractivity contribution in [2.45, 2.75) is 20.3 Å². The van der Waals surface area contributed by atoms with Gasteiger partial charge in [-0.15, -0.1) is 0 Å². The lowest BCUT2D eigenvalue weighted by Crippen LogP contribution is -2.49. The monoisotopic (exact) mass is 297 g/mol. The number of benzene rings is 1. The Labute approximate surface area is 131 Å². The summed E-state index contributed by atoms with van der Waals surface area (Å²) in [5.41, 5.74) is 1.03. The zero-order valence-corrected chi connectivity index (χ0v) is 13.3. The minimum atomic E-state index is 0.279. The molecule has 1 aliphatic rings. The van der Waals surface area contributed by atoms with Crippen LogP contribution in [0.4, 0.5) is 5.82 Å². The Morgan fingerprint density at radius 2 is 1.82 bits per heavy atom. The van der Waals surface area contributed by atoms with E-state index in [1.165, 1.54) is 0 Å². The second kappa shape index (κ2) is 6.34. The third-order valence-corrected chi connectivity index (χ3v) is 4.12. The molecule has 2 aromatic rings. The quantitative estimate of drug-likeness (QED) is 0.874. The average molecular weight is 297 g/mol. The summed E-state index contributed by atoms with van der Waals surface area (Å²) in [7, 11) is 0. The van der Waals surface area contributed by atoms with Crippen LogP contribution >= 0.6 is 0 Å². The van der Waals surface area contributed by atoms with Crippen molar-refractivity contribution in [2.24, 2.45) is 5.92 Å². The molecule has 0 atom stereocenters. The Morgan fingerprint density at radius 3 is 2.55 bits per heavy atom. The maximum Gasteiger partial charge on any atom is 0.222 e. The van der Waals surface area contributed by atoms with Crippen molar-refractivity contribution in [3.05, 3.63) is 36.4 Å². The number of rotatable bonds is 3. The maximum absolute atomic E-state index is 12.1. The highest BCUT2D eigenvalue weighted by atomic mass is 16.2. The summed E-state index contributed by atoms with van der Waals surface area (Å²) in [5.74, 6) is 1.71. The minimum Gasteiger partial charge on any atom is -0.353 e. The molecule has 0 N–H and O–H groups in total. The SMILES string of the molecule is CC(C)CC(=O)N1CCN(c2ccc3ccccc3n2)CC1. The molecule has 1 aromatic carbocycles. The molecule has 0 bridgehead atoms. The summed E-state index contributed by atoms with van der Waals surface area (Å²) in [6.07, 6.45) is 0.647. The third-order valence-electron chi connectivity index (χ3n) is 4.12. The Bertz CT molecular complexity index is 660. The Kier molecular flexibility index (Phi) is 4.27. The molecule has 1 amide bonds. The smallest absolute Gasteiger partial charge is 0.222 e. The van der Waals surface area contributed by atoms with Gasteiger partial charge in [-0.3, -0.25) is 4.79 Å². The van der Waals surface area contributed by atoms with E-state index in [0.717, 1.165) is 42.9 Å². The summed E-state index contributed by atoms with van der Waals surface area (Å²) in [6, 6.07) is 12.4. The molecule has 22 heavy (non-hydrogen) atoms. The van der Waals surface area contributed by atoms with Crippen LogP contribution < -0.4 is 4.90 Å². The first-order valence-corrected chi connectivity index (χ1v) is 8.02. The second-order valence-electron chi connectivity index (χ2n) is 6.33. The Balaban J connectivity index is 1.66. The van der Waals surface area contributed by atoms with Crippen LogP contribution in [0.25, 0.3) is 10.9 Å². The zero-order chi connectivity index (χ0) is 15.5. The molecular weight excluding hydrogens is 274 g/mol. The highest BCUT2D eigenvalue weighted by Crippen LogP contribution is 2.19. The normalized spacial score (nSPS) is 15.6. The van der Waals surface area contributed by atoms with E-state index < -0.39 is 0 Å². The van der Waals surface area contributed by atoms with E-state index in [-0.39, 0.29) is 5.91 Å². The van der Waals surface area contributed by atoms with Crippen LogP contribution in [0.1, 0.15) is 20.3 Å². The van der Waals surface area contributed by atoms with Gasteiger partial charge in [0.2, 0.25) is 5.91 Å². The number of para-hydroxylation sites is 1. The van der Waals surface area contributed by atoms with Gasteiger partial charge in [0.05, 0.1) is 5.52 Å². The van der Waals surface area contributed by atoms with Crippen molar-refractivity contribution in [3.8, 4) is 0 Å². The standard InChI is InChI=1S/C18H23N3O/c1-14(2)13-18(22)21-11-9-20(10-12-21)17-8-7-15-5-3-4-6-16(15)19-17/h3-8,14H,9-13H2,1-2H3. The highest BCUT2D eigenvalue weighted by molar-refractivity contribution is 5.80. The summed E-state index contributed by atoms with van der Waals surface area (Å²) in [5, 5.41) is 1.16. The number of nitrogens with zero attached hydrogens (tertiary/aromatic N) is 3. The number of hydrogen-bond donors (Lipinski definition) is 0. The van der Waals surface area contributed by atoms with E-state index in [1.807, 2.05) is 23.1 Å². The van der Waals surface area contributed by atoms with Gasteiger partial charge in [0.1, 0.15) is 5.82 Å². The van der Waals surface area contributed by atoms with Crippen LogP contribution in [0.2, 0.25) is 0 Å². The fourth-order valence-electron chi connectivity index (χ4n) is 2.89. The van der Waals surface area contributed by atoms with Crippen LogP contribution in [-0.2, 0) is 4.79 Å². The molecule has 0 radical (unpaired) electrons. The van der Waals surface area contributed by atoms with Gasteiger partial charge in [0.15, 0.2) is 0 Å². The zero-order valence-electron chi connectivity index (χ0n) is 13.3. The number of aromatic nitrogens is 1. The molecule has 2 heterocycles. The first kappa shape index (κ1) is 14.8. The van der Waals surface area contributed by atoms with E-state index >= 15 is 0 Å². The lowest BCUT2D eigenvalue weighted by molar-refractivity contribution is -0.132. The molecule has 3 rings (SSSR count). The Hall–Kier alpha value is -2.10. The first-order valence-electron chi connectivity index (χ1n) is 8.02. The molecule has 4 heteroatoms. The van der Waals surface area contributed by atoms with Gasteiger partial charge in [-0.2, -0.15) is 0 Å². The van der Waals surface area contributed by atoms with Crippen molar-refractivity contribution in [3.63, 3.8) is 0 Å². The fraction of sp³-hybridized carbons (Fsp3) is 0.444. The number of pyridine rings is 1. The molecule has 1 aliphatic heterocycles. The largest absolute Gasteiger partial charge is 0.353 e. The highest BCUT2D eigenvalue weighted by Gasteiger charge is 2.22. The topological polar surface area (TPSA) is 36.4 Å². The van der Waals surface area contributed by atoms with E-state index in [4.69, 9.17) is 4.98 Å². The molecule has 0 saturated carbocycles. The molecule has 4 nitrogen and oxygen atoms in total. The molecule has 0 spiro atoms. The van der Waals surface area contributed by atoms with Crippen LogP contribution in [-0.4, -0.2) is 42.0 Å². The van der Waals surface area contributed by atoms with Gasteiger partial charge in [0.25, 0.3) is 0 Å². The van der Waals surface area contributed by atoms with Crippen LogP contribution in [0, 0.1) is 5.92 Å². The van der Waals surface area contributed by atoms with Gasteiger partial charge in [-0.05, 0) is 24.1 Å². The fourth-order valence-corrected chi connectivity index (χ4v) is 2.89. The van der Waals surface area contributed by atoms with E-state index in [9.17, 15) is 4.79 Å². The van der Waals surface area contributed by atoms with Crippen molar-refractivity contribution in [1.82, 2.24) is 9.88 Å². The van der Waals surface area contributed by atoms with Crippen LogP contribution in [0.3, 0.4) is 0 Å². The molecule has 1 saturated heterocycles. The summed E-state index contributed by atoms with van der Waals surface area (Å²) in [4.78, 5) is 21.1. The number of piperazine rings is 1. The summed E-state index contributed by atoms with van der Waals surface area (Å²) < 4.78 is 0. The molecule has 116 valence electrons. The third kappa shape index (κ3) is 3.21. The van der Waals surface area contributed by atoms with Gasteiger partial charge in [-0.1, -0.05) is 32.0 Å². The van der Waals surface area contributed by atoms with Gasteiger partial charge in [0, 0.05) is 38.0 Å². The Morgan fingerprint density at radius 1 is 1.09 bits per heavy atom. The number of amides is 1. The molecular formula is C18H23N3O. The van der Waals surface area contributed by atoms with E-state index in [1.54, 1.807) is 0 Å². The molecule has 1 aromatic heterocycles. The summed E-state index contributed by atoms with van der Waals surface area (Å²) >= 11 is 0. The number of hydrogen-bond acceptors (Lipinski definition) is 3. The number of anilines is 1. The maximum atomic E-state index is 12.1. The number of fused-ring (bicyclic) bond motifs is 1. The molecule has 0 aliphatic carbocycles. The van der Waals surface area contributed by atoms with Crippen LogP contribution in [0.15, 0.2) is 36.4 Å². The van der Waals surface area contributed by atoms with Crippen molar-refractivity contribution >= 4 is 22.6 Å². The van der Waals surface area contributed by atoms with Gasteiger partial charge in [-0.25, -0.2) is 4.98 Å². The summed E-state index contributed by atoms with van der Waals surface area (Å²) in [6.45, 7) is 7.48. The average Bonchev–Trinajstić information content (AvgIpc) is 2.54. The lowest BCUT2D eigenvalue weighted by atomic mass is 10.1. The molecule has 1 fully saturated rings.